The van der Waals surface area contributed by atoms with Crippen molar-refractivity contribution >= 4 is 29.4 Å². The topological polar surface area (TPSA) is 52.6 Å². The van der Waals surface area contributed by atoms with Gasteiger partial charge in [0.1, 0.15) is 12.2 Å². The second-order valence-electron chi connectivity index (χ2n) is 10.2. The summed E-state index contributed by atoms with van der Waals surface area (Å²) in [5.74, 6) is -0.288. The van der Waals surface area contributed by atoms with Gasteiger partial charge in [0, 0.05) is 17.5 Å². The molecule has 1 aliphatic carbocycles. The molecule has 0 heterocycles. The molecule has 0 aliphatic heterocycles. The van der Waals surface area contributed by atoms with Crippen molar-refractivity contribution < 1.29 is 19.1 Å². The van der Waals surface area contributed by atoms with E-state index in [4.69, 9.17) is 21.1 Å². The summed E-state index contributed by atoms with van der Waals surface area (Å²) in [4.78, 5) is 26.3. The van der Waals surface area contributed by atoms with E-state index in [0.29, 0.717) is 29.5 Å². The normalized spacial score (nSPS) is 14.4. The van der Waals surface area contributed by atoms with E-state index < -0.39 is 5.97 Å². The number of benzene rings is 3. The first-order chi connectivity index (χ1) is 19.1. The summed E-state index contributed by atoms with van der Waals surface area (Å²) < 4.78 is 11.4. The average Bonchev–Trinajstić information content (AvgIpc) is 2.97. The molecule has 204 valence electrons. The number of carbonyl (C=O) groups excluding carboxylic acids is 2. The molecule has 1 fully saturated rings. The van der Waals surface area contributed by atoms with Crippen LogP contribution in [0.3, 0.4) is 0 Å². The molecule has 1 aliphatic rings. The van der Waals surface area contributed by atoms with Gasteiger partial charge in [0.05, 0.1) is 6.61 Å². The Kier molecular flexibility index (Phi) is 11.4. The summed E-state index contributed by atoms with van der Waals surface area (Å²) in [6, 6.07) is 27.4. The Morgan fingerprint density at radius 3 is 2.15 bits per heavy atom. The predicted molar refractivity (Wildman–Crippen MR) is 157 cm³/mol. The van der Waals surface area contributed by atoms with Crippen molar-refractivity contribution in [2.45, 2.75) is 50.9 Å². The summed E-state index contributed by atoms with van der Waals surface area (Å²) in [5.41, 5.74) is 2.94. The van der Waals surface area contributed by atoms with Gasteiger partial charge in [0.2, 0.25) is 0 Å². The lowest BCUT2D eigenvalue weighted by Crippen LogP contribution is -2.22. The van der Waals surface area contributed by atoms with E-state index in [9.17, 15) is 9.59 Å². The average molecular weight is 545 g/mol. The Morgan fingerprint density at radius 1 is 0.846 bits per heavy atom. The Balaban J connectivity index is 1.40. The largest absolute Gasteiger partial charge is 0.462 e. The zero-order chi connectivity index (χ0) is 27.3. The molecule has 1 saturated carbocycles. The molecule has 0 radical (unpaired) electrons. The first kappa shape index (κ1) is 28.8. The highest BCUT2D eigenvalue weighted by Gasteiger charge is 2.22. The van der Waals surface area contributed by atoms with Gasteiger partial charge in [-0.15, -0.1) is 0 Å². The minimum Gasteiger partial charge on any atom is -0.462 e. The minimum atomic E-state index is -0.643. The van der Waals surface area contributed by atoms with Crippen molar-refractivity contribution in [1.29, 1.82) is 0 Å². The Morgan fingerprint density at radius 2 is 1.51 bits per heavy atom. The van der Waals surface area contributed by atoms with Gasteiger partial charge in [-0.05, 0) is 53.7 Å². The van der Waals surface area contributed by atoms with Crippen LogP contribution in [0.15, 0.2) is 90.5 Å². The number of halogens is 1. The van der Waals surface area contributed by atoms with E-state index in [1.54, 1.807) is 30.3 Å². The zero-order valence-corrected chi connectivity index (χ0v) is 23.2. The molecule has 0 aromatic heterocycles. The van der Waals surface area contributed by atoms with Crippen LogP contribution in [0.25, 0.3) is 6.08 Å². The fraction of sp³-hybridized carbons (Fsp3) is 0.353. The molecule has 0 unspecified atom stereocenters. The molecular formula is C34H37ClO4. The smallest absolute Gasteiger partial charge is 0.341 e. The van der Waals surface area contributed by atoms with Crippen LogP contribution in [0, 0.1) is 5.92 Å². The Bertz CT molecular complexity index is 1180. The van der Waals surface area contributed by atoms with E-state index in [1.165, 1.54) is 32.1 Å². The third kappa shape index (κ3) is 9.19. The van der Waals surface area contributed by atoms with Crippen LogP contribution in [0.5, 0.6) is 0 Å². The Hall–Kier alpha value is -3.21. The fourth-order valence-corrected chi connectivity index (χ4v) is 5.43. The van der Waals surface area contributed by atoms with Crippen molar-refractivity contribution in [1.82, 2.24) is 0 Å². The third-order valence-corrected chi connectivity index (χ3v) is 7.59. The lowest BCUT2D eigenvalue weighted by Gasteiger charge is -2.21. The van der Waals surface area contributed by atoms with E-state index in [-0.39, 0.29) is 30.5 Å². The van der Waals surface area contributed by atoms with Gasteiger partial charge in [0.15, 0.2) is 5.78 Å². The van der Waals surface area contributed by atoms with Gasteiger partial charge in [0.25, 0.3) is 0 Å². The standard InChI is InChI=1S/C34H37ClO4/c35-30-18-10-13-27(23-30)24-32(33(36)25-38-21-19-26-11-4-1-5-12-26)34(37)39-22-20-31(28-14-6-2-7-15-28)29-16-8-3-9-17-29/h2-3,6-10,13-18,23-24,26,31H,1,4-5,11-12,19-22,25H2. The second-order valence-corrected chi connectivity index (χ2v) is 10.6. The predicted octanol–water partition coefficient (Wildman–Crippen LogP) is 8.04. The third-order valence-electron chi connectivity index (χ3n) is 7.35. The molecule has 0 N–H and O–H groups in total. The van der Waals surface area contributed by atoms with Crippen LogP contribution in [0.1, 0.15) is 67.6 Å². The molecule has 0 amide bonds. The van der Waals surface area contributed by atoms with Crippen LogP contribution < -0.4 is 0 Å². The van der Waals surface area contributed by atoms with Gasteiger partial charge >= 0.3 is 5.97 Å². The van der Waals surface area contributed by atoms with E-state index in [0.717, 1.165) is 17.5 Å². The number of esters is 1. The lowest BCUT2D eigenvalue weighted by molar-refractivity contribution is -0.141. The number of ketones is 1. The molecule has 0 spiro atoms. The Labute approximate surface area is 237 Å². The molecule has 4 rings (SSSR count). The highest BCUT2D eigenvalue weighted by Crippen LogP contribution is 2.28. The maximum atomic E-state index is 13.2. The van der Waals surface area contributed by atoms with Gasteiger partial charge < -0.3 is 9.47 Å². The van der Waals surface area contributed by atoms with Gasteiger partial charge in [-0.3, -0.25) is 4.79 Å². The van der Waals surface area contributed by atoms with Crippen molar-refractivity contribution in [3.8, 4) is 0 Å². The maximum absolute atomic E-state index is 13.2. The molecule has 3 aromatic carbocycles. The zero-order valence-electron chi connectivity index (χ0n) is 22.4. The number of hydrogen-bond donors (Lipinski definition) is 0. The molecule has 39 heavy (non-hydrogen) atoms. The SMILES string of the molecule is O=C(COCCC1CCCCC1)C(=Cc1cccc(Cl)c1)C(=O)OCCC(c1ccccc1)c1ccccc1. The highest BCUT2D eigenvalue weighted by atomic mass is 35.5. The first-order valence-electron chi connectivity index (χ1n) is 14.0. The van der Waals surface area contributed by atoms with Crippen LogP contribution in [-0.4, -0.2) is 31.6 Å². The molecule has 0 bridgehead atoms. The van der Waals surface area contributed by atoms with Crippen LogP contribution >= 0.6 is 11.6 Å². The summed E-state index contributed by atoms with van der Waals surface area (Å²) >= 11 is 6.14. The number of Topliss-reactive ketones (excluding diaryl/α,β-unsaturated/α-hetero) is 1. The fourth-order valence-electron chi connectivity index (χ4n) is 5.23. The van der Waals surface area contributed by atoms with Crippen LogP contribution in [0.2, 0.25) is 5.02 Å². The van der Waals surface area contributed by atoms with Crippen molar-refractivity contribution in [2.75, 3.05) is 19.8 Å². The van der Waals surface area contributed by atoms with Crippen molar-refractivity contribution in [2.24, 2.45) is 5.92 Å². The number of carbonyl (C=O) groups is 2. The molecule has 0 atom stereocenters. The number of rotatable bonds is 13. The maximum Gasteiger partial charge on any atom is 0.341 e. The van der Waals surface area contributed by atoms with Gasteiger partial charge in [-0.25, -0.2) is 4.79 Å². The van der Waals surface area contributed by atoms with E-state index in [1.807, 2.05) is 36.4 Å². The number of ether oxygens (including phenoxy) is 2. The first-order valence-corrected chi connectivity index (χ1v) is 14.3. The lowest BCUT2D eigenvalue weighted by atomic mass is 9.87. The summed E-state index contributed by atoms with van der Waals surface area (Å²) in [6.45, 7) is 0.548. The summed E-state index contributed by atoms with van der Waals surface area (Å²) in [5, 5.41) is 0.529. The molecule has 0 saturated heterocycles. The minimum absolute atomic E-state index is 0.0223. The monoisotopic (exact) mass is 544 g/mol. The van der Waals surface area contributed by atoms with Crippen molar-refractivity contribution in [3.05, 3.63) is 112 Å². The van der Waals surface area contributed by atoms with Crippen LogP contribution in [0.4, 0.5) is 0 Å². The van der Waals surface area contributed by atoms with Crippen LogP contribution in [-0.2, 0) is 19.1 Å². The molecular weight excluding hydrogens is 508 g/mol. The van der Waals surface area contributed by atoms with E-state index in [2.05, 4.69) is 24.3 Å². The van der Waals surface area contributed by atoms with E-state index >= 15 is 0 Å². The van der Waals surface area contributed by atoms with Gasteiger partial charge in [-0.1, -0.05) is 117 Å². The second kappa shape index (κ2) is 15.4. The number of hydrogen-bond acceptors (Lipinski definition) is 4. The molecule has 5 heteroatoms. The van der Waals surface area contributed by atoms with Crippen molar-refractivity contribution in [3.63, 3.8) is 0 Å². The van der Waals surface area contributed by atoms with Gasteiger partial charge in [-0.2, -0.15) is 0 Å². The highest BCUT2D eigenvalue weighted by molar-refractivity contribution is 6.30. The molecule has 4 nitrogen and oxygen atoms in total. The quantitative estimate of drug-likeness (QED) is 0.0718. The summed E-state index contributed by atoms with van der Waals surface area (Å²) in [7, 11) is 0. The summed E-state index contributed by atoms with van der Waals surface area (Å²) in [6.07, 6.45) is 9.42. The molecule has 3 aromatic rings.